The second kappa shape index (κ2) is 6.32. The molecule has 1 fully saturated rings. The zero-order valence-corrected chi connectivity index (χ0v) is 12.8. The van der Waals surface area contributed by atoms with E-state index in [0.29, 0.717) is 6.54 Å². The van der Waals surface area contributed by atoms with Gasteiger partial charge in [0.15, 0.2) is 0 Å². The van der Waals surface area contributed by atoms with Gasteiger partial charge in [0, 0.05) is 13.1 Å². The number of aliphatic imine (C=N–C) groups is 1. The molecule has 0 radical (unpaired) electrons. The van der Waals surface area contributed by atoms with Gasteiger partial charge in [-0.2, -0.15) is 0 Å². The van der Waals surface area contributed by atoms with Crippen LogP contribution in [0.15, 0.2) is 23.2 Å². The number of nitrogens with one attached hydrogen (secondary N) is 2. The number of hydrogen-bond acceptors (Lipinski definition) is 3. The Bertz CT molecular complexity index is 538. The van der Waals surface area contributed by atoms with E-state index in [-0.39, 0.29) is 16.4 Å². The number of hydrogen-bond donors (Lipinski definition) is 2. The lowest BCUT2D eigenvalue weighted by molar-refractivity contribution is 0.298. The summed E-state index contributed by atoms with van der Waals surface area (Å²) in [5.74, 6) is 0.690. The molecule has 1 saturated carbocycles. The van der Waals surface area contributed by atoms with E-state index in [1.54, 1.807) is 12.1 Å². The lowest BCUT2D eigenvalue weighted by atomic mass is 9.79. The monoisotopic (exact) mass is 309 g/mol. The SMILES string of the molecule is Fc1ccc(CNC2=NCCNC23CCCCC3)cc1Cl. The predicted molar refractivity (Wildman–Crippen MR) is 84.4 cm³/mol. The molecule has 1 heterocycles. The molecule has 2 aliphatic rings. The molecule has 3 rings (SSSR count). The molecule has 3 nitrogen and oxygen atoms in total. The molecule has 5 heteroatoms. The van der Waals surface area contributed by atoms with Crippen molar-refractivity contribution < 1.29 is 4.39 Å². The highest BCUT2D eigenvalue weighted by atomic mass is 35.5. The van der Waals surface area contributed by atoms with Gasteiger partial charge in [-0.25, -0.2) is 4.39 Å². The van der Waals surface area contributed by atoms with Gasteiger partial charge in [-0.3, -0.25) is 4.99 Å². The Morgan fingerprint density at radius 3 is 2.86 bits per heavy atom. The average Bonchev–Trinajstić information content (AvgIpc) is 2.51. The highest BCUT2D eigenvalue weighted by Crippen LogP contribution is 2.30. The summed E-state index contributed by atoms with van der Waals surface area (Å²) < 4.78 is 13.2. The van der Waals surface area contributed by atoms with Crippen molar-refractivity contribution in [3.05, 3.63) is 34.6 Å². The molecule has 0 atom stereocenters. The van der Waals surface area contributed by atoms with Gasteiger partial charge < -0.3 is 10.6 Å². The Hall–Kier alpha value is -1.13. The molecular formula is C16H21ClFN3. The first-order valence-corrected chi connectivity index (χ1v) is 8.05. The Labute approximate surface area is 130 Å². The smallest absolute Gasteiger partial charge is 0.141 e. The number of amidine groups is 1. The van der Waals surface area contributed by atoms with Crippen molar-refractivity contribution in [1.29, 1.82) is 0 Å². The van der Waals surface area contributed by atoms with Crippen molar-refractivity contribution in [3.8, 4) is 0 Å². The molecule has 0 unspecified atom stereocenters. The topological polar surface area (TPSA) is 36.4 Å². The zero-order valence-electron chi connectivity index (χ0n) is 12.1. The first-order valence-electron chi connectivity index (χ1n) is 7.67. The average molecular weight is 310 g/mol. The Kier molecular flexibility index (Phi) is 4.45. The van der Waals surface area contributed by atoms with Crippen LogP contribution in [0.3, 0.4) is 0 Å². The van der Waals surface area contributed by atoms with Crippen molar-refractivity contribution in [2.45, 2.75) is 44.2 Å². The molecule has 21 heavy (non-hydrogen) atoms. The zero-order chi connectivity index (χ0) is 14.7. The van der Waals surface area contributed by atoms with E-state index in [1.165, 1.54) is 25.3 Å². The highest BCUT2D eigenvalue weighted by Gasteiger charge is 2.38. The van der Waals surface area contributed by atoms with Gasteiger partial charge >= 0.3 is 0 Å². The minimum Gasteiger partial charge on any atom is -0.368 e. The molecule has 1 aromatic rings. The maximum atomic E-state index is 13.2. The van der Waals surface area contributed by atoms with Crippen LogP contribution < -0.4 is 10.6 Å². The van der Waals surface area contributed by atoms with Crippen LogP contribution in [-0.4, -0.2) is 24.5 Å². The van der Waals surface area contributed by atoms with Crippen LogP contribution in [0.1, 0.15) is 37.7 Å². The standard InChI is InChI=1S/C16H21ClFN3/c17-13-10-12(4-5-14(13)18)11-20-15-16(21-9-8-19-15)6-2-1-3-7-16/h4-5,10,21H,1-3,6-9,11H2,(H,19,20). The second-order valence-corrected chi connectivity index (χ2v) is 6.31. The van der Waals surface area contributed by atoms with Gasteiger partial charge in [0.1, 0.15) is 11.7 Å². The largest absolute Gasteiger partial charge is 0.368 e. The van der Waals surface area contributed by atoms with Gasteiger partial charge in [0.05, 0.1) is 17.1 Å². The summed E-state index contributed by atoms with van der Waals surface area (Å²) in [6.07, 6.45) is 6.09. The highest BCUT2D eigenvalue weighted by molar-refractivity contribution is 6.30. The molecule has 0 amide bonds. The van der Waals surface area contributed by atoms with E-state index in [2.05, 4.69) is 10.6 Å². The Balaban J connectivity index is 1.70. The van der Waals surface area contributed by atoms with Crippen molar-refractivity contribution in [2.24, 2.45) is 4.99 Å². The second-order valence-electron chi connectivity index (χ2n) is 5.90. The first kappa shape index (κ1) is 14.8. The van der Waals surface area contributed by atoms with E-state index in [4.69, 9.17) is 16.6 Å². The van der Waals surface area contributed by atoms with Crippen LogP contribution in [0.2, 0.25) is 5.02 Å². The van der Waals surface area contributed by atoms with Gasteiger partial charge in [0.2, 0.25) is 0 Å². The van der Waals surface area contributed by atoms with Crippen LogP contribution >= 0.6 is 11.6 Å². The lowest BCUT2D eigenvalue weighted by Gasteiger charge is -2.41. The molecule has 1 aromatic carbocycles. The Morgan fingerprint density at radius 1 is 1.29 bits per heavy atom. The molecule has 1 aliphatic heterocycles. The maximum Gasteiger partial charge on any atom is 0.141 e. The van der Waals surface area contributed by atoms with E-state index in [9.17, 15) is 4.39 Å². The van der Waals surface area contributed by atoms with Crippen LogP contribution in [0, 0.1) is 5.82 Å². The molecular weight excluding hydrogens is 289 g/mol. The quantitative estimate of drug-likeness (QED) is 0.879. The van der Waals surface area contributed by atoms with Crippen LogP contribution in [-0.2, 0) is 6.54 Å². The van der Waals surface area contributed by atoms with Gasteiger partial charge in [0.25, 0.3) is 0 Å². The number of benzene rings is 1. The van der Waals surface area contributed by atoms with Crippen LogP contribution in [0.5, 0.6) is 0 Å². The minimum absolute atomic E-state index is 0.0281. The molecule has 114 valence electrons. The molecule has 0 bridgehead atoms. The molecule has 0 aromatic heterocycles. The van der Waals surface area contributed by atoms with Crippen LogP contribution in [0.4, 0.5) is 4.39 Å². The number of nitrogens with zero attached hydrogens (tertiary/aromatic N) is 1. The van der Waals surface area contributed by atoms with E-state index < -0.39 is 0 Å². The number of halogens is 2. The van der Waals surface area contributed by atoms with Crippen molar-refractivity contribution in [3.63, 3.8) is 0 Å². The summed E-state index contributed by atoms with van der Waals surface area (Å²) in [6.45, 7) is 2.39. The molecule has 1 aliphatic carbocycles. The molecule has 0 saturated heterocycles. The van der Waals surface area contributed by atoms with E-state index >= 15 is 0 Å². The van der Waals surface area contributed by atoms with Gasteiger partial charge in [-0.15, -0.1) is 0 Å². The van der Waals surface area contributed by atoms with Crippen LogP contribution in [0.25, 0.3) is 0 Å². The fourth-order valence-electron chi connectivity index (χ4n) is 3.33. The predicted octanol–water partition coefficient (Wildman–Crippen LogP) is 3.27. The Morgan fingerprint density at radius 2 is 2.10 bits per heavy atom. The van der Waals surface area contributed by atoms with Gasteiger partial charge in [-0.05, 0) is 30.5 Å². The lowest BCUT2D eigenvalue weighted by Crippen LogP contribution is -2.60. The molecule has 1 spiro atoms. The third-order valence-corrected chi connectivity index (χ3v) is 4.74. The third kappa shape index (κ3) is 3.22. The van der Waals surface area contributed by atoms with Gasteiger partial charge in [-0.1, -0.05) is 36.9 Å². The van der Waals surface area contributed by atoms with Crippen molar-refractivity contribution in [1.82, 2.24) is 10.6 Å². The maximum absolute atomic E-state index is 13.2. The molecule has 2 N–H and O–H groups in total. The third-order valence-electron chi connectivity index (χ3n) is 4.45. The summed E-state index contributed by atoms with van der Waals surface area (Å²) in [4.78, 5) is 4.70. The summed E-state index contributed by atoms with van der Waals surface area (Å²) in [6, 6.07) is 4.85. The van der Waals surface area contributed by atoms with Crippen molar-refractivity contribution >= 4 is 17.4 Å². The summed E-state index contributed by atoms with van der Waals surface area (Å²) in [5, 5.41) is 7.29. The fourth-order valence-corrected chi connectivity index (χ4v) is 3.53. The normalized spacial score (nSPS) is 21.1. The van der Waals surface area contributed by atoms with E-state index in [1.807, 2.05) is 0 Å². The van der Waals surface area contributed by atoms with Crippen molar-refractivity contribution in [2.75, 3.05) is 13.1 Å². The summed E-state index contributed by atoms with van der Waals surface area (Å²) in [5.41, 5.74) is 1.00. The summed E-state index contributed by atoms with van der Waals surface area (Å²) >= 11 is 5.83. The van der Waals surface area contributed by atoms with E-state index in [0.717, 1.165) is 37.3 Å². The first-order chi connectivity index (χ1) is 10.2. The fraction of sp³-hybridized carbons (Fsp3) is 0.562. The minimum atomic E-state index is -0.374. The number of rotatable bonds is 2. The summed E-state index contributed by atoms with van der Waals surface area (Å²) in [7, 11) is 0.